The van der Waals surface area contributed by atoms with Crippen LogP contribution in [0, 0.1) is 0 Å². The molecule has 0 spiro atoms. The highest BCUT2D eigenvalue weighted by Gasteiger charge is 2.39. The number of likely N-dealkylation sites (tertiary alicyclic amines) is 1. The minimum Gasteiger partial charge on any atom is -0.353 e. The van der Waals surface area contributed by atoms with Gasteiger partial charge in [0, 0.05) is 43.5 Å². The van der Waals surface area contributed by atoms with Crippen molar-refractivity contribution in [3.63, 3.8) is 0 Å². The highest BCUT2D eigenvalue weighted by atomic mass is 19.4. The molecule has 1 aliphatic carbocycles. The van der Waals surface area contributed by atoms with Gasteiger partial charge >= 0.3 is 6.18 Å². The Labute approximate surface area is 204 Å². The minimum absolute atomic E-state index is 0.00411. The van der Waals surface area contributed by atoms with E-state index in [0.29, 0.717) is 37.7 Å². The maximum atomic E-state index is 13.8. The van der Waals surface area contributed by atoms with E-state index < -0.39 is 17.7 Å². The molecule has 1 aromatic carbocycles. The van der Waals surface area contributed by atoms with Crippen LogP contribution in [0.4, 0.5) is 19.0 Å². The van der Waals surface area contributed by atoms with Crippen molar-refractivity contribution < 1.29 is 18.0 Å². The molecule has 3 heterocycles. The van der Waals surface area contributed by atoms with Crippen LogP contribution in [0.3, 0.4) is 0 Å². The number of hydrogen-bond acceptors (Lipinski definition) is 5. The molecule has 2 aromatic rings. The van der Waals surface area contributed by atoms with Gasteiger partial charge in [0.2, 0.25) is 5.91 Å². The Morgan fingerprint density at radius 3 is 2.37 bits per heavy atom. The zero-order chi connectivity index (χ0) is 24.7. The number of amides is 1. The monoisotopic (exact) mass is 487 g/mol. The van der Waals surface area contributed by atoms with Gasteiger partial charge in [0.1, 0.15) is 12.1 Å². The van der Waals surface area contributed by atoms with Crippen LogP contribution in [0.1, 0.15) is 60.4 Å². The molecule has 0 N–H and O–H groups in total. The largest absolute Gasteiger partial charge is 0.416 e. The molecule has 0 radical (unpaired) electrons. The van der Waals surface area contributed by atoms with Gasteiger partial charge in [0.25, 0.3) is 0 Å². The number of rotatable bonds is 4. The van der Waals surface area contributed by atoms with E-state index in [2.05, 4.69) is 26.7 Å². The fraction of sp³-hybridized carbons (Fsp3) is 0.577. The number of hydrogen-bond donors (Lipinski definition) is 0. The van der Waals surface area contributed by atoms with E-state index in [1.165, 1.54) is 17.7 Å². The Morgan fingerprint density at radius 2 is 1.74 bits per heavy atom. The van der Waals surface area contributed by atoms with Gasteiger partial charge < -0.3 is 14.7 Å². The van der Waals surface area contributed by atoms with Crippen LogP contribution in [-0.2, 0) is 17.4 Å². The third kappa shape index (κ3) is 4.62. The zero-order valence-electron chi connectivity index (χ0n) is 20.3. The van der Waals surface area contributed by atoms with Crippen molar-refractivity contribution in [1.82, 2.24) is 19.8 Å². The summed E-state index contributed by atoms with van der Waals surface area (Å²) >= 11 is 0. The number of carbonyl (C=O) groups excluding carboxylic acids is 1. The van der Waals surface area contributed by atoms with Crippen molar-refractivity contribution >= 4 is 11.7 Å². The molecule has 2 fully saturated rings. The van der Waals surface area contributed by atoms with E-state index in [9.17, 15) is 18.0 Å². The number of carbonyl (C=O) groups is 1. The number of aromatic nitrogens is 2. The summed E-state index contributed by atoms with van der Waals surface area (Å²) in [5.41, 5.74) is 2.34. The summed E-state index contributed by atoms with van der Waals surface area (Å²) in [5, 5.41) is 0. The number of anilines is 1. The average Bonchev–Trinajstić information content (AvgIpc) is 3.44. The number of benzene rings is 1. The van der Waals surface area contributed by atoms with Crippen LogP contribution < -0.4 is 4.90 Å². The third-order valence-electron chi connectivity index (χ3n) is 7.97. The number of halogens is 3. The Balaban J connectivity index is 1.34. The van der Waals surface area contributed by atoms with Crippen LogP contribution in [0.2, 0.25) is 0 Å². The molecule has 9 heteroatoms. The molecule has 0 saturated carbocycles. The van der Waals surface area contributed by atoms with E-state index >= 15 is 0 Å². The second-order valence-corrected chi connectivity index (χ2v) is 10.1. The molecule has 0 unspecified atom stereocenters. The molecule has 3 atom stereocenters. The predicted molar refractivity (Wildman–Crippen MR) is 127 cm³/mol. The van der Waals surface area contributed by atoms with E-state index in [0.717, 1.165) is 55.9 Å². The lowest BCUT2D eigenvalue weighted by atomic mass is 9.87. The highest BCUT2D eigenvalue weighted by molar-refractivity contribution is 5.85. The molecule has 5 rings (SSSR count). The predicted octanol–water partition coefficient (Wildman–Crippen LogP) is 4.07. The molecular formula is C26H32F3N5O. The van der Waals surface area contributed by atoms with Crippen molar-refractivity contribution in [2.75, 3.05) is 44.7 Å². The maximum Gasteiger partial charge on any atom is 0.416 e. The van der Waals surface area contributed by atoms with Crippen molar-refractivity contribution in [2.24, 2.45) is 0 Å². The lowest BCUT2D eigenvalue weighted by Crippen LogP contribution is -2.52. The zero-order valence-corrected chi connectivity index (χ0v) is 20.3. The van der Waals surface area contributed by atoms with Crippen molar-refractivity contribution in [3.05, 3.63) is 53.0 Å². The first-order valence-corrected chi connectivity index (χ1v) is 12.5. The van der Waals surface area contributed by atoms with Crippen LogP contribution in [0.25, 0.3) is 0 Å². The number of nitrogens with zero attached hydrogens (tertiary/aromatic N) is 5. The Hall–Kier alpha value is -2.68. The van der Waals surface area contributed by atoms with Gasteiger partial charge in [-0.2, -0.15) is 13.2 Å². The quantitative estimate of drug-likeness (QED) is 0.651. The maximum absolute atomic E-state index is 13.8. The van der Waals surface area contributed by atoms with Crippen LogP contribution in [0.5, 0.6) is 0 Å². The van der Waals surface area contributed by atoms with Gasteiger partial charge in [-0.3, -0.25) is 4.79 Å². The fourth-order valence-corrected chi connectivity index (χ4v) is 5.98. The minimum atomic E-state index is -4.39. The first-order valence-electron chi connectivity index (χ1n) is 12.5. The molecular weight excluding hydrogens is 455 g/mol. The number of aryl methyl sites for hydroxylation is 1. The lowest BCUT2D eigenvalue weighted by molar-refractivity contribution is -0.137. The molecule has 1 aromatic heterocycles. The molecule has 3 aliphatic rings. The summed E-state index contributed by atoms with van der Waals surface area (Å²) in [6, 6.07) is 5.15. The third-order valence-corrected chi connectivity index (χ3v) is 7.97. The number of fused-ring (bicyclic) bond motifs is 1. The van der Waals surface area contributed by atoms with E-state index in [1.54, 1.807) is 6.33 Å². The highest BCUT2D eigenvalue weighted by Crippen LogP contribution is 2.38. The van der Waals surface area contributed by atoms with Gasteiger partial charge in [0.15, 0.2) is 0 Å². The smallest absolute Gasteiger partial charge is 0.353 e. The number of alkyl halides is 3. The number of likely N-dealkylation sites (N-methyl/N-ethyl adjacent to an activating group) is 1. The Morgan fingerprint density at radius 1 is 1.03 bits per heavy atom. The summed E-state index contributed by atoms with van der Waals surface area (Å²) in [6.45, 7) is 5.61. The SMILES string of the molecule is C[C@@H]1CCc2ncnc(N3CCN(C(=O)[C@@H](c4ccc(C(F)(F)F)cc4)[C@@H]4CCCN4C)CC3)c21. The van der Waals surface area contributed by atoms with Crippen molar-refractivity contribution in [1.29, 1.82) is 0 Å². The summed E-state index contributed by atoms with van der Waals surface area (Å²) in [4.78, 5) is 29.2. The summed E-state index contributed by atoms with van der Waals surface area (Å²) in [7, 11) is 2.00. The normalized spacial score (nSPS) is 24.0. The first-order chi connectivity index (χ1) is 16.7. The van der Waals surface area contributed by atoms with Gasteiger partial charge in [0.05, 0.1) is 11.5 Å². The molecule has 35 heavy (non-hydrogen) atoms. The summed E-state index contributed by atoms with van der Waals surface area (Å²) in [5.74, 6) is 0.953. The number of piperazine rings is 1. The van der Waals surface area contributed by atoms with Gasteiger partial charge in [-0.1, -0.05) is 19.1 Å². The van der Waals surface area contributed by atoms with E-state index in [1.807, 2.05) is 11.9 Å². The molecule has 2 saturated heterocycles. The lowest BCUT2D eigenvalue weighted by Gasteiger charge is -2.39. The summed E-state index contributed by atoms with van der Waals surface area (Å²) < 4.78 is 39.4. The molecule has 188 valence electrons. The Kier molecular flexibility index (Phi) is 6.46. The Bertz CT molecular complexity index is 1070. The van der Waals surface area contributed by atoms with Crippen LogP contribution >= 0.6 is 0 Å². The van der Waals surface area contributed by atoms with E-state index in [-0.39, 0.29) is 11.9 Å². The van der Waals surface area contributed by atoms with Gasteiger partial charge in [-0.15, -0.1) is 0 Å². The van der Waals surface area contributed by atoms with Crippen molar-refractivity contribution in [2.45, 2.75) is 56.7 Å². The van der Waals surface area contributed by atoms with Gasteiger partial charge in [-0.25, -0.2) is 9.97 Å². The average molecular weight is 488 g/mol. The summed E-state index contributed by atoms with van der Waals surface area (Å²) in [6.07, 6.45) is 1.16. The molecule has 0 bridgehead atoms. The molecule has 1 amide bonds. The van der Waals surface area contributed by atoms with E-state index in [4.69, 9.17) is 0 Å². The standard InChI is InChI=1S/C26H32F3N5O/c1-17-5-10-20-22(17)24(31-16-30-20)33-12-14-34(15-13-33)25(35)23(21-4-3-11-32(21)2)18-6-8-19(9-7-18)26(27,28)29/h6-9,16-17,21,23H,3-5,10-15H2,1-2H3/t17-,21+,23+/m1/s1. The molecule has 2 aliphatic heterocycles. The second-order valence-electron chi connectivity index (χ2n) is 10.1. The second kappa shape index (κ2) is 9.41. The van der Waals surface area contributed by atoms with Gasteiger partial charge in [-0.05, 0) is 62.9 Å². The van der Waals surface area contributed by atoms with Crippen molar-refractivity contribution in [3.8, 4) is 0 Å². The fourth-order valence-electron chi connectivity index (χ4n) is 5.98. The van der Waals surface area contributed by atoms with Crippen LogP contribution in [0.15, 0.2) is 30.6 Å². The topological polar surface area (TPSA) is 52.6 Å². The molecule has 6 nitrogen and oxygen atoms in total. The first kappa shape index (κ1) is 24.0. The van der Waals surface area contributed by atoms with Crippen LogP contribution in [-0.4, -0.2) is 71.5 Å².